The van der Waals surface area contributed by atoms with Gasteiger partial charge in [-0.3, -0.25) is 0 Å². The summed E-state index contributed by atoms with van der Waals surface area (Å²) in [6.07, 6.45) is 1.90. The van der Waals surface area contributed by atoms with E-state index in [1.54, 1.807) is 0 Å². The van der Waals surface area contributed by atoms with Gasteiger partial charge in [-0.2, -0.15) is 4.98 Å². The predicted molar refractivity (Wildman–Crippen MR) is 69.6 cm³/mol. The summed E-state index contributed by atoms with van der Waals surface area (Å²) >= 11 is 0. The van der Waals surface area contributed by atoms with Gasteiger partial charge in [0.25, 0.3) is 0 Å². The SMILES string of the molecule is CNCCOc1nc2[nH]ccc2cc1C(C)C. The summed E-state index contributed by atoms with van der Waals surface area (Å²) in [6, 6.07) is 4.18. The Balaban J connectivity index is 2.32. The van der Waals surface area contributed by atoms with E-state index in [2.05, 4.69) is 35.2 Å². The minimum absolute atomic E-state index is 0.409. The van der Waals surface area contributed by atoms with E-state index in [0.29, 0.717) is 12.5 Å². The van der Waals surface area contributed by atoms with E-state index in [1.165, 1.54) is 0 Å². The van der Waals surface area contributed by atoms with Crippen LogP contribution in [0, 0.1) is 0 Å². The number of aromatic amines is 1. The van der Waals surface area contributed by atoms with Crippen LogP contribution in [-0.2, 0) is 0 Å². The van der Waals surface area contributed by atoms with Crippen LogP contribution in [0.2, 0.25) is 0 Å². The maximum absolute atomic E-state index is 5.72. The molecule has 2 aromatic heterocycles. The molecular formula is C13H19N3O. The number of hydrogen-bond acceptors (Lipinski definition) is 3. The summed E-state index contributed by atoms with van der Waals surface area (Å²) in [4.78, 5) is 7.63. The zero-order valence-corrected chi connectivity index (χ0v) is 10.6. The first-order valence-corrected chi connectivity index (χ1v) is 5.97. The van der Waals surface area contributed by atoms with Crippen LogP contribution in [0.3, 0.4) is 0 Å². The zero-order valence-electron chi connectivity index (χ0n) is 10.6. The average Bonchev–Trinajstić information content (AvgIpc) is 2.75. The molecule has 0 fully saturated rings. The molecule has 2 aromatic rings. The van der Waals surface area contributed by atoms with Crippen molar-refractivity contribution >= 4 is 11.0 Å². The van der Waals surface area contributed by atoms with E-state index in [0.717, 1.165) is 29.0 Å². The minimum Gasteiger partial charge on any atom is -0.476 e. The lowest BCUT2D eigenvalue weighted by atomic mass is 10.0. The Labute approximate surface area is 101 Å². The molecule has 0 radical (unpaired) electrons. The lowest BCUT2D eigenvalue weighted by Crippen LogP contribution is -2.17. The van der Waals surface area contributed by atoms with Crippen LogP contribution in [0.1, 0.15) is 25.3 Å². The van der Waals surface area contributed by atoms with Gasteiger partial charge in [0, 0.05) is 23.7 Å². The van der Waals surface area contributed by atoms with E-state index >= 15 is 0 Å². The molecule has 2 heterocycles. The van der Waals surface area contributed by atoms with Gasteiger partial charge in [-0.1, -0.05) is 13.8 Å². The smallest absolute Gasteiger partial charge is 0.218 e. The number of rotatable bonds is 5. The molecule has 17 heavy (non-hydrogen) atoms. The second-order valence-corrected chi connectivity index (χ2v) is 4.40. The first kappa shape index (κ1) is 11.9. The van der Waals surface area contributed by atoms with Gasteiger partial charge in [-0.05, 0) is 25.1 Å². The molecule has 92 valence electrons. The zero-order chi connectivity index (χ0) is 12.3. The minimum atomic E-state index is 0.409. The van der Waals surface area contributed by atoms with Crippen molar-refractivity contribution in [2.24, 2.45) is 0 Å². The van der Waals surface area contributed by atoms with E-state index in [1.807, 2.05) is 19.3 Å². The number of H-pyrrole nitrogens is 1. The lowest BCUT2D eigenvalue weighted by Gasteiger charge is -2.13. The highest BCUT2D eigenvalue weighted by molar-refractivity contribution is 5.77. The van der Waals surface area contributed by atoms with Crippen LogP contribution in [0.25, 0.3) is 11.0 Å². The molecule has 0 aliphatic carbocycles. The van der Waals surface area contributed by atoms with Gasteiger partial charge in [0.2, 0.25) is 5.88 Å². The molecule has 0 atom stereocenters. The van der Waals surface area contributed by atoms with E-state index < -0.39 is 0 Å². The number of nitrogens with one attached hydrogen (secondary N) is 2. The monoisotopic (exact) mass is 233 g/mol. The van der Waals surface area contributed by atoms with Crippen LogP contribution in [0.5, 0.6) is 5.88 Å². The largest absolute Gasteiger partial charge is 0.476 e. The average molecular weight is 233 g/mol. The number of likely N-dealkylation sites (N-methyl/N-ethyl adjacent to an activating group) is 1. The van der Waals surface area contributed by atoms with Crippen molar-refractivity contribution in [2.75, 3.05) is 20.2 Å². The Bertz CT molecular complexity index is 490. The van der Waals surface area contributed by atoms with Crippen LogP contribution >= 0.6 is 0 Å². The standard InChI is InChI=1S/C13H19N3O/c1-9(2)11-8-10-4-5-15-12(10)16-13(11)17-7-6-14-3/h4-5,8-9,14H,6-7H2,1-3H3,(H,15,16). The van der Waals surface area contributed by atoms with Crippen molar-refractivity contribution in [1.82, 2.24) is 15.3 Å². The van der Waals surface area contributed by atoms with Gasteiger partial charge < -0.3 is 15.0 Å². The van der Waals surface area contributed by atoms with E-state index in [4.69, 9.17) is 4.74 Å². The quantitative estimate of drug-likeness (QED) is 0.779. The maximum Gasteiger partial charge on any atom is 0.218 e. The molecule has 0 spiro atoms. The van der Waals surface area contributed by atoms with Crippen molar-refractivity contribution in [3.05, 3.63) is 23.9 Å². The molecule has 4 heteroatoms. The predicted octanol–water partition coefficient (Wildman–Crippen LogP) is 2.28. The van der Waals surface area contributed by atoms with Crippen LogP contribution < -0.4 is 10.1 Å². The molecule has 0 aliphatic rings. The number of aromatic nitrogens is 2. The molecule has 2 rings (SSSR count). The number of ether oxygens (including phenoxy) is 1. The maximum atomic E-state index is 5.72. The highest BCUT2D eigenvalue weighted by Gasteiger charge is 2.11. The third-order valence-electron chi connectivity index (χ3n) is 2.74. The molecule has 4 nitrogen and oxygen atoms in total. The number of pyridine rings is 1. The molecule has 0 aliphatic heterocycles. The molecule has 0 saturated carbocycles. The molecule has 2 N–H and O–H groups in total. The fourth-order valence-electron chi connectivity index (χ4n) is 1.76. The Morgan fingerprint density at radius 1 is 1.47 bits per heavy atom. The van der Waals surface area contributed by atoms with Gasteiger partial charge >= 0.3 is 0 Å². The second kappa shape index (κ2) is 5.19. The van der Waals surface area contributed by atoms with Crippen LogP contribution in [-0.4, -0.2) is 30.2 Å². The molecule has 0 bridgehead atoms. The van der Waals surface area contributed by atoms with Crippen molar-refractivity contribution in [3.63, 3.8) is 0 Å². The summed E-state index contributed by atoms with van der Waals surface area (Å²) in [5.74, 6) is 1.15. The Kier molecular flexibility index (Phi) is 3.64. The molecular weight excluding hydrogens is 214 g/mol. The van der Waals surface area contributed by atoms with Gasteiger partial charge in [0.05, 0.1) is 0 Å². The Morgan fingerprint density at radius 3 is 3.00 bits per heavy atom. The number of nitrogens with zero attached hydrogens (tertiary/aromatic N) is 1. The number of fused-ring (bicyclic) bond motifs is 1. The van der Waals surface area contributed by atoms with Gasteiger partial charge in [-0.25, -0.2) is 0 Å². The normalized spacial score (nSPS) is 11.3. The second-order valence-electron chi connectivity index (χ2n) is 4.40. The third kappa shape index (κ3) is 2.58. The first-order chi connectivity index (χ1) is 8.22. The van der Waals surface area contributed by atoms with E-state index in [-0.39, 0.29) is 0 Å². The van der Waals surface area contributed by atoms with Crippen molar-refractivity contribution in [2.45, 2.75) is 19.8 Å². The highest BCUT2D eigenvalue weighted by Crippen LogP contribution is 2.27. The van der Waals surface area contributed by atoms with Crippen molar-refractivity contribution in [3.8, 4) is 5.88 Å². The topological polar surface area (TPSA) is 49.9 Å². The first-order valence-electron chi connectivity index (χ1n) is 5.97. The summed E-state index contributed by atoms with van der Waals surface area (Å²) in [5.41, 5.74) is 2.04. The highest BCUT2D eigenvalue weighted by atomic mass is 16.5. The van der Waals surface area contributed by atoms with E-state index in [9.17, 15) is 0 Å². The van der Waals surface area contributed by atoms with Gasteiger partial charge in [-0.15, -0.1) is 0 Å². The van der Waals surface area contributed by atoms with Gasteiger partial charge in [0.15, 0.2) is 0 Å². The fraction of sp³-hybridized carbons (Fsp3) is 0.462. The summed E-state index contributed by atoms with van der Waals surface area (Å²) in [6.45, 7) is 5.76. The van der Waals surface area contributed by atoms with Crippen LogP contribution in [0.4, 0.5) is 0 Å². The van der Waals surface area contributed by atoms with Crippen LogP contribution in [0.15, 0.2) is 18.3 Å². The molecule has 0 unspecified atom stereocenters. The fourth-order valence-corrected chi connectivity index (χ4v) is 1.76. The summed E-state index contributed by atoms with van der Waals surface area (Å²) < 4.78 is 5.72. The molecule has 0 amide bonds. The lowest BCUT2D eigenvalue weighted by molar-refractivity contribution is 0.303. The Hall–Kier alpha value is -1.55. The molecule has 0 aromatic carbocycles. The molecule has 0 saturated heterocycles. The summed E-state index contributed by atoms with van der Waals surface area (Å²) in [5, 5.41) is 4.19. The summed E-state index contributed by atoms with van der Waals surface area (Å²) in [7, 11) is 1.91. The number of hydrogen-bond donors (Lipinski definition) is 2. The van der Waals surface area contributed by atoms with Crippen molar-refractivity contribution < 1.29 is 4.74 Å². The van der Waals surface area contributed by atoms with Crippen molar-refractivity contribution in [1.29, 1.82) is 0 Å². The van der Waals surface area contributed by atoms with Gasteiger partial charge in [0.1, 0.15) is 12.3 Å². The third-order valence-corrected chi connectivity index (χ3v) is 2.74. The Morgan fingerprint density at radius 2 is 2.29 bits per heavy atom.